The van der Waals surface area contributed by atoms with E-state index in [0.717, 1.165) is 44.2 Å². The van der Waals surface area contributed by atoms with Crippen molar-refractivity contribution < 1.29 is 13.9 Å². The molecule has 1 N–H and O–H groups in total. The lowest BCUT2D eigenvalue weighted by Crippen LogP contribution is -2.50. The van der Waals surface area contributed by atoms with E-state index < -0.39 is 0 Å². The van der Waals surface area contributed by atoms with Crippen LogP contribution in [0.15, 0.2) is 29.3 Å². The molecule has 1 aliphatic rings. The van der Waals surface area contributed by atoms with Gasteiger partial charge in [0.25, 0.3) is 0 Å². The summed E-state index contributed by atoms with van der Waals surface area (Å²) >= 11 is 0. The Balaban J connectivity index is 0.00000312. The van der Waals surface area contributed by atoms with Gasteiger partial charge in [-0.05, 0) is 38.0 Å². The number of benzene rings is 1. The van der Waals surface area contributed by atoms with Crippen LogP contribution in [-0.4, -0.2) is 56.9 Å². The summed E-state index contributed by atoms with van der Waals surface area (Å²) in [7, 11) is 1.79. The first-order chi connectivity index (χ1) is 11.6. The summed E-state index contributed by atoms with van der Waals surface area (Å²) in [5.74, 6) is 0.639. The SMILES string of the molecule is CCOCCCNC(=NC)N1CC(C)OC(c2ccc(F)cc2)C1.I. The van der Waals surface area contributed by atoms with Gasteiger partial charge in [-0.1, -0.05) is 12.1 Å². The van der Waals surface area contributed by atoms with Gasteiger partial charge in [0.1, 0.15) is 11.9 Å². The maximum absolute atomic E-state index is 13.1. The zero-order valence-corrected chi connectivity index (χ0v) is 17.5. The number of rotatable bonds is 6. The highest BCUT2D eigenvalue weighted by atomic mass is 127. The van der Waals surface area contributed by atoms with Crippen LogP contribution in [0.25, 0.3) is 0 Å². The van der Waals surface area contributed by atoms with Crippen molar-refractivity contribution in [1.82, 2.24) is 10.2 Å². The Morgan fingerprint density at radius 2 is 2.08 bits per heavy atom. The minimum atomic E-state index is -0.230. The number of aliphatic imine (C=N–C) groups is 1. The molecule has 0 radical (unpaired) electrons. The van der Waals surface area contributed by atoms with Gasteiger partial charge in [-0.3, -0.25) is 4.99 Å². The van der Waals surface area contributed by atoms with Crippen LogP contribution in [0, 0.1) is 5.82 Å². The molecule has 0 aromatic heterocycles. The second kappa shape index (κ2) is 11.6. The summed E-state index contributed by atoms with van der Waals surface area (Å²) in [6.45, 7) is 7.83. The maximum Gasteiger partial charge on any atom is 0.193 e. The number of guanidine groups is 1. The zero-order valence-electron chi connectivity index (χ0n) is 15.2. The van der Waals surface area contributed by atoms with Crippen LogP contribution in [0.5, 0.6) is 0 Å². The highest BCUT2D eigenvalue weighted by Gasteiger charge is 2.28. The van der Waals surface area contributed by atoms with E-state index in [1.54, 1.807) is 19.2 Å². The van der Waals surface area contributed by atoms with Crippen molar-refractivity contribution in [3.63, 3.8) is 0 Å². The van der Waals surface area contributed by atoms with E-state index in [2.05, 4.69) is 15.2 Å². The molecule has 0 amide bonds. The Labute approximate surface area is 167 Å². The lowest BCUT2D eigenvalue weighted by atomic mass is 10.1. The molecule has 1 aromatic carbocycles. The number of hydrogen-bond donors (Lipinski definition) is 1. The quantitative estimate of drug-likeness (QED) is 0.304. The van der Waals surface area contributed by atoms with E-state index in [1.165, 1.54) is 12.1 Å². The normalized spacial score (nSPS) is 21.0. The van der Waals surface area contributed by atoms with E-state index in [4.69, 9.17) is 9.47 Å². The monoisotopic (exact) mass is 465 g/mol. The molecule has 0 saturated carbocycles. The number of hydrogen-bond acceptors (Lipinski definition) is 3. The predicted molar refractivity (Wildman–Crippen MR) is 109 cm³/mol. The third-order valence-corrected chi connectivity index (χ3v) is 3.97. The van der Waals surface area contributed by atoms with Crippen molar-refractivity contribution in [3.8, 4) is 0 Å². The molecule has 2 rings (SSSR count). The van der Waals surface area contributed by atoms with E-state index in [9.17, 15) is 4.39 Å². The van der Waals surface area contributed by atoms with E-state index in [1.807, 2.05) is 13.8 Å². The molecule has 25 heavy (non-hydrogen) atoms. The van der Waals surface area contributed by atoms with Crippen LogP contribution in [0.3, 0.4) is 0 Å². The van der Waals surface area contributed by atoms with Gasteiger partial charge in [-0.2, -0.15) is 0 Å². The standard InChI is InChI=1S/C18H28FN3O2.HI/c1-4-23-11-5-10-21-18(20-3)22-12-14(2)24-17(13-22)15-6-8-16(19)9-7-15;/h6-9,14,17H,4-5,10-13H2,1-3H3,(H,20,21);1H. The average molecular weight is 465 g/mol. The molecule has 2 unspecified atom stereocenters. The van der Waals surface area contributed by atoms with E-state index in [-0.39, 0.29) is 42.0 Å². The van der Waals surface area contributed by atoms with Crippen LogP contribution < -0.4 is 5.32 Å². The summed E-state index contributed by atoms with van der Waals surface area (Å²) in [6.07, 6.45) is 0.931. The average Bonchev–Trinajstić information content (AvgIpc) is 2.58. The first-order valence-electron chi connectivity index (χ1n) is 8.58. The van der Waals surface area contributed by atoms with Crippen LogP contribution in [0.1, 0.15) is 31.9 Å². The van der Waals surface area contributed by atoms with Gasteiger partial charge >= 0.3 is 0 Å². The lowest BCUT2D eigenvalue weighted by molar-refractivity contribution is -0.0605. The molecule has 1 fully saturated rings. The number of halogens is 2. The highest BCUT2D eigenvalue weighted by molar-refractivity contribution is 14.0. The van der Waals surface area contributed by atoms with Crippen molar-refractivity contribution in [2.75, 3.05) is 39.9 Å². The molecule has 0 aliphatic carbocycles. The third kappa shape index (κ3) is 7.07. The molecule has 5 nitrogen and oxygen atoms in total. The molecule has 1 saturated heterocycles. The van der Waals surface area contributed by atoms with Gasteiger partial charge in [0.05, 0.1) is 12.6 Å². The van der Waals surface area contributed by atoms with Gasteiger partial charge in [-0.25, -0.2) is 4.39 Å². The highest BCUT2D eigenvalue weighted by Crippen LogP contribution is 2.25. The molecular formula is C18H29FIN3O2. The summed E-state index contributed by atoms with van der Waals surface area (Å²) in [5.41, 5.74) is 0.986. The molecule has 1 aromatic rings. The molecule has 0 spiro atoms. The van der Waals surface area contributed by atoms with Gasteiger partial charge in [0.2, 0.25) is 0 Å². The molecule has 1 heterocycles. The van der Waals surface area contributed by atoms with E-state index >= 15 is 0 Å². The van der Waals surface area contributed by atoms with Crippen molar-refractivity contribution in [1.29, 1.82) is 0 Å². The predicted octanol–water partition coefficient (Wildman–Crippen LogP) is 3.21. The Morgan fingerprint density at radius 1 is 1.36 bits per heavy atom. The van der Waals surface area contributed by atoms with Crippen LogP contribution in [0.4, 0.5) is 4.39 Å². The Kier molecular flexibility index (Phi) is 10.3. The number of ether oxygens (including phenoxy) is 2. The minimum Gasteiger partial charge on any atom is -0.382 e. The first-order valence-corrected chi connectivity index (χ1v) is 8.58. The second-order valence-corrected chi connectivity index (χ2v) is 5.92. The van der Waals surface area contributed by atoms with Gasteiger partial charge in [-0.15, -0.1) is 24.0 Å². The van der Waals surface area contributed by atoms with Crippen LogP contribution in [0.2, 0.25) is 0 Å². The van der Waals surface area contributed by atoms with Crippen molar-refractivity contribution in [3.05, 3.63) is 35.6 Å². The Bertz CT molecular complexity index is 528. The maximum atomic E-state index is 13.1. The molecule has 0 bridgehead atoms. The van der Waals surface area contributed by atoms with Gasteiger partial charge < -0.3 is 19.7 Å². The molecule has 142 valence electrons. The summed E-state index contributed by atoms with van der Waals surface area (Å²) in [6, 6.07) is 6.52. The fraction of sp³-hybridized carbons (Fsp3) is 0.611. The van der Waals surface area contributed by atoms with Crippen molar-refractivity contribution in [2.24, 2.45) is 4.99 Å². The molecule has 2 atom stereocenters. The van der Waals surface area contributed by atoms with Crippen molar-refractivity contribution in [2.45, 2.75) is 32.5 Å². The minimum absolute atomic E-state index is 0. The molecular weight excluding hydrogens is 436 g/mol. The fourth-order valence-electron chi connectivity index (χ4n) is 2.84. The summed E-state index contributed by atoms with van der Waals surface area (Å²) < 4.78 is 24.5. The molecule has 7 heteroatoms. The van der Waals surface area contributed by atoms with Crippen molar-refractivity contribution >= 4 is 29.9 Å². The Morgan fingerprint density at radius 3 is 2.72 bits per heavy atom. The fourth-order valence-corrected chi connectivity index (χ4v) is 2.84. The summed E-state index contributed by atoms with van der Waals surface area (Å²) in [4.78, 5) is 6.58. The van der Waals surface area contributed by atoms with Gasteiger partial charge in [0.15, 0.2) is 5.96 Å². The smallest absolute Gasteiger partial charge is 0.193 e. The first kappa shape index (κ1) is 22.1. The van der Waals surface area contributed by atoms with Crippen LogP contribution >= 0.6 is 24.0 Å². The Hall–Kier alpha value is -0.930. The second-order valence-electron chi connectivity index (χ2n) is 5.92. The van der Waals surface area contributed by atoms with Crippen LogP contribution in [-0.2, 0) is 9.47 Å². The van der Waals surface area contributed by atoms with Gasteiger partial charge in [0, 0.05) is 33.4 Å². The largest absolute Gasteiger partial charge is 0.382 e. The molecule has 1 aliphatic heterocycles. The number of nitrogens with zero attached hydrogens (tertiary/aromatic N) is 2. The number of morpholine rings is 1. The van der Waals surface area contributed by atoms with E-state index in [0.29, 0.717) is 6.54 Å². The lowest BCUT2D eigenvalue weighted by Gasteiger charge is -2.38. The zero-order chi connectivity index (χ0) is 17.4. The topological polar surface area (TPSA) is 46.1 Å². The summed E-state index contributed by atoms with van der Waals surface area (Å²) in [5, 5.41) is 3.38. The number of nitrogens with one attached hydrogen (secondary N) is 1. The third-order valence-electron chi connectivity index (χ3n) is 3.97.